The van der Waals surface area contributed by atoms with Crippen molar-refractivity contribution >= 4 is 17.6 Å². The minimum atomic E-state index is -0.244. The Balaban J connectivity index is 1.99. The standard InChI is InChI=1S/C19H17FN2/c1-13(2)3-4-14-9-15-11-21-12-16(15)10-19(14)22-18-7-5-17(20)6-8-18/h5-10,12-13,22H,11H2,1-2H3. The fraction of sp³-hybridized carbons (Fsp3) is 0.211. The zero-order chi connectivity index (χ0) is 15.5. The van der Waals surface area contributed by atoms with Gasteiger partial charge in [-0.1, -0.05) is 25.7 Å². The van der Waals surface area contributed by atoms with Crippen LogP contribution in [-0.2, 0) is 6.54 Å². The Labute approximate surface area is 130 Å². The highest BCUT2D eigenvalue weighted by Crippen LogP contribution is 2.27. The van der Waals surface area contributed by atoms with Crippen LogP contribution in [0, 0.1) is 23.6 Å². The summed E-state index contributed by atoms with van der Waals surface area (Å²) in [7, 11) is 0. The number of halogens is 1. The van der Waals surface area contributed by atoms with Gasteiger partial charge in [0.25, 0.3) is 0 Å². The predicted molar refractivity (Wildman–Crippen MR) is 89.1 cm³/mol. The molecule has 1 heterocycles. The van der Waals surface area contributed by atoms with Crippen molar-refractivity contribution in [2.24, 2.45) is 10.9 Å². The molecule has 3 rings (SSSR count). The minimum Gasteiger partial charge on any atom is -0.354 e. The van der Waals surface area contributed by atoms with Crippen LogP contribution in [0.15, 0.2) is 41.4 Å². The Morgan fingerprint density at radius 3 is 2.68 bits per heavy atom. The van der Waals surface area contributed by atoms with Gasteiger partial charge in [0.05, 0.1) is 12.2 Å². The summed E-state index contributed by atoms with van der Waals surface area (Å²) in [6.07, 6.45) is 1.88. The highest BCUT2D eigenvalue weighted by molar-refractivity contribution is 5.88. The number of rotatable bonds is 2. The van der Waals surface area contributed by atoms with Crippen LogP contribution in [0.2, 0.25) is 0 Å². The Morgan fingerprint density at radius 2 is 1.95 bits per heavy atom. The molecule has 22 heavy (non-hydrogen) atoms. The average Bonchev–Trinajstić information content (AvgIpc) is 2.94. The second kappa shape index (κ2) is 6.03. The fourth-order valence-electron chi connectivity index (χ4n) is 2.28. The van der Waals surface area contributed by atoms with E-state index < -0.39 is 0 Å². The monoisotopic (exact) mass is 292 g/mol. The summed E-state index contributed by atoms with van der Waals surface area (Å²) in [5, 5.41) is 3.32. The SMILES string of the molecule is CC(C)C#Cc1cc2c(cc1Nc1ccc(F)cc1)C=NC2. The normalized spacial score (nSPS) is 12.0. The fourth-order valence-corrected chi connectivity index (χ4v) is 2.28. The van der Waals surface area contributed by atoms with Crippen molar-refractivity contribution in [2.45, 2.75) is 20.4 Å². The first-order valence-corrected chi connectivity index (χ1v) is 7.33. The largest absolute Gasteiger partial charge is 0.354 e. The van der Waals surface area contributed by atoms with Crippen LogP contribution in [0.1, 0.15) is 30.5 Å². The second-order valence-corrected chi connectivity index (χ2v) is 5.62. The molecule has 0 fully saturated rings. The summed E-state index contributed by atoms with van der Waals surface area (Å²) in [4.78, 5) is 4.30. The number of hydrogen-bond acceptors (Lipinski definition) is 2. The van der Waals surface area contributed by atoms with E-state index in [0.29, 0.717) is 12.5 Å². The predicted octanol–water partition coefficient (Wildman–Crippen LogP) is 4.51. The van der Waals surface area contributed by atoms with Gasteiger partial charge < -0.3 is 5.32 Å². The molecular formula is C19H17FN2. The zero-order valence-electron chi connectivity index (χ0n) is 12.7. The Kier molecular flexibility index (Phi) is 3.93. The highest BCUT2D eigenvalue weighted by Gasteiger charge is 2.11. The van der Waals surface area contributed by atoms with Gasteiger partial charge in [0.1, 0.15) is 5.82 Å². The first kappa shape index (κ1) is 14.3. The first-order chi connectivity index (χ1) is 10.6. The number of hydrogen-bond donors (Lipinski definition) is 1. The molecule has 1 aliphatic heterocycles. The number of aliphatic imine (C=N–C) groups is 1. The van der Waals surface area contributed by atoms with Crippen molar-refractivity contribution in [3.05, 3.63) is 58.9 Å². The average molecular weight is 292 g/mol. The Hall–Kier alpha value is -2.60. The van der Waals surface area contributed by atoms with Crippen LogP contribution in [0.4, 0.5) is 15.8 Å². The first-order valence-electron chi connectivity index (χ1n) is 7.33. The van der Waals surface area contributed by atoms with Gasteiger partial charge in [-0.2, -0.15) is 0 Å². The number of nitrogens with zero attached hydrogens (tertiary/aromatic N) is 1. The molecule has 0 atom stereocenters. The smallest absolute Gasteiger partial charge is 0.123 e. The third-order valence-corrected chi connectivity index (χ3v) is 3.39. The molecule has 0 unspecified atom stereocenters. The Bertz CT molecular complexity index is 778. The van der Waals surface area contributed by atoms with E-state index in [1.165, 1.54) is 17.7 Å². The molecule has 0 saturated carbocycles. The van der Waals surface area contributed by atoms with E-state index in [0.717, 1.165) is 22.5 Å². The third-order valence-electron chi connectivity index (χ3n) is 3.39. The lowest BCUT2D eigenvalue weighted by Gasteiger charge is -2.11. The molecular weight excluding hydrogens is 275 g/mol. The van der Waals surface area contributed by atoms with E-state index >= 15 is 0 Å². The Morgan fingerprint density at radius 1 is 1.18 bits per heavy atom. The van der Waals surface area contributed by atoms with Crippen LogP contribution >= 0.6 is 0 Å². The molecule has 0 spiro atoms. The minimum absolute atomic E-state index is 0.244. The number of benzene rings is 2. The van der Waals surface area contributed by atoms with E-state index in [9.17, 15) is 4.39 Å². The molecule has 2 nitrogen and oxygen atoms in total. The summed E-state index contributed by atoms with van der Waals surface area (Å²) in [5.41, 5.74) is 5.01. The number of anilines is 2. The van der Waals surface area contributed by atoms with E-state index in [1.54, 1.807) is 12.1 Å². The van der Waals surface area contributed by atoms with Crippen molar-refractivity contribution in [2.75, 3.05) is 5.32 Å². The highest BCUT2D eigenvalue weighted by atomic mass is 19.1. The van der Waals surface area contributed by atoms with Gasteiger partial charge in [-0.3, -0.25) is 4.99 Å². The molecule has 0 radical (unpaired) electrons. The van der Waals surface area contributed by atoms with Gasteiger partial charge in [0.15, 0.2) is 0 Å². The van der Waals surface area contributed by atoms with Gasteiger partial charge in [0, 0.05) is 23.4 Å². The van der Waals surface area contributed by atoms with E-state index in [4.69, 9.17) is 0 Å². The molecule has 2 aromatic carbocycles. The van der Waals surface area contributed by atoms with Gasteiger partial charge in [-0.15, -0.1) is 0 Å². The molecule has 0 bridgehead atoms. The maximum atomic E-state index is 13.0. The molecule has 0 aromatic heterocycles. The summed E-state index contributed by atoms with van der Waals surface area (Å²) in [6.45, 7) is 4.84. The number of fused-ring (bicyclic) bond motifs is 1. The van der Waals surface area contributed by atoms with Gasteiger partial charge in [-0.05, 0) is 47.5 Å². The topological polar surface area (TPSA) is 24.4 Å². The molecule has 1 N–H and O–H groups in total. The summed E-state index contributed by atoms with van der Waals surface area (Å²) in [6, 6.07) is 10.5. The van der Waals surface area contributed by atoms with Crippen LogP contribution in [0.5, 0.6) is 0 Å². The quantitative estimate of drug-likeness (QED) is 0.809. The summed E-state index contributed by atoms with van der Waals surface area (Å²) < 4.78 is 13.0. The van der Waals surface area contributed by atoms with Crippen molar-refractivity contribution in [1.29, 1.82) is 0 Å². The van der Waals surface area contributed by atoms with E-state index in [1.807, 2.05) is 6.21 Å². The lowest BCUT2D eigenvalue weighted by Crippen LogP contribution is -1.97. The number of nitrogens with one attached hydrogen (secondary N) is 1. The van der Waals surface area contributed by atoms with Crippen LogP contribution in [0.25, 0.3) is 0 Å². The van der Waals surface area contributed by atoms with Crippen molar-refractivity contribution in [3.63, 3.8) is 0 Å². The molecule has 3 heteroatoms. The maximum Gasteiger partial charge on any atom is 0.123 e. The van der Waals surface area contributed by atoms with E-state index in [2.05, 4.69) is 48.1 Å². The van der Waals surface area contributed by atoms with Crippen LogP contribution < -0.4 is 5.32 Å². The van der Waals surface area contributed by atoms with Crippen molar-refractivity contribution in [1.82, 2.24) is 0 Å². The molecule has 0 saturated heterocycles. The molecule has 0 aliphatic carbocycles. The third kappa shape index (κ3) is 3.17. The van der Waals surface area contributed by atoms with Crippen LogP contribution in [-0.4, -0.2) is 6.21 Å². The lowest BCUT2D eigenvalue weighted by molar-refractivity contribution is 0.628. The van der Waals surface area contributed by atoms with Gasteiger partial charge in [0.2, 0.25) is 0 Å². The second-order valence-electron chi connectivity index (χ2n) is 5.62. The van der Waals surface area contributed by atoms with Gasteiger partial charge in [-0.25, -0.2) is 4.39 Å². The summed E-state index contributed by atoms with van der Waals surface area (Å²) in [5.74, 6) is 6.49. The summed E-state index contributed by atoms with van der Waals surface area (Å²) >= 11 is 0. The van der Waals surface area contributed by atoms with Crippen molar-refractivity contribution < 1.29 is 4.39 Å². The zero-order valence-corrected chi connectivity index (χ0v) is 12.7. The molecule has 2 aromatic rings. The van der Waals surface area contributed by atoms with E-state index in [-0.39, 0.29) is 5.82 Å². The van der Waals surface area contributed by atoms with Gasteiger partial charge >= 0.3 is 0 Å². The van der Waals surface area contributed by atoms with Crippen molar-refractivity contribution in [3.8, 4) is 11.8 Å². The molecule has 110 valence electrons. The maximum absolute atomic E-state index is 13.0. The van der Waals surface area contributed by atoms with Crippen LogP contribution in [0.3, 0.4) is 0 Å². The lowest BCUT2D eigenvalue weighted by atomic mass is 10.0. The molecule has 1 aliphatic rings. The molecule has 0 amide bonds.